The molecule has 1 aliphatic rings. The molecule has 0 aromatic heterocycles. The Morgan fingerprint density at radius 3 is 2.07 bits per heavy atom. The Balaban J connectivity index is 0.00000225. The highest BCUT2D eigenvalue weighted by Gasteiger charge is 2.21. The third-order valence-corrected chi connectivity index (χ3v) is 5.41. The number of methoxy groups -OCH3 is 2. The first-order chi connectivity index (χ1) is 13.7. The summed E-state index contributed by atoms with van der Waals surface area (Å²) >= 11 is 0. The number of hydrogen-bond donors (Lipinski definition) is 0. The van der Waals surface area contributed by atoms with E-state index in [0.717, 1.165) is 50.6 Å². The molecule has 166 valence electrons. The summed E-state index contributed by atoms with van der Waals surface area (Å²) < 4.78 is 10.8. The van der Waals surface area contributed by atoms with Gasteiger partial charge in [0.15, 0.2) is 5.78 Å². The number of ether oxygens (including phenoxy) is 2. The highest BCUT2D eigenvalue weighted by atomic mass is 35.5. The van der Waals surface area contributed by atoms with Gasteiger partial charge >= 0.3 is 0 Å². The summed E-state index contributed by atoms with van der Waals surface area (Å²) in [6, 6.07) is 17.7. The molecule has 7 heteroatoms. The first-order valence-corrected chi connectivity index (χ1v) is 9.89. The monoisotopic (exact) mass is 454 g/mol. The van der Waals surface area contributed by atoms with E-state index in [-0.39, 0.29) is 36.7 Å². The van der Waals surface area contributed by atoms with Crippen molar-refractivity contribution in [3.8, 4) is 5.75 Å². The SMILES string of the molecule is COc1ccc(C(=O)CCN2CCN(CC(OC)c3ccccc3)CC2)cc1.Cl.Cl. The van der Waals surface area contributed by atoms with E-state index in [1.54, 1.807) is 14.2 Å². The number of rotatable bonds is 9. The second-order valence-electron chi connectivity index (χ2n) is 7.18. The normalized spacial score (nSPS) is 15.5. The van der Waals surface area contributed by atoms with Crippen LogP contribution in [0.15, 0.2) is 54.6 Å². The number of carbonyl (C=O) groups excluding carboxylic acids is 1. The van der Waals surface area contributed by atoms with Gasteiger partial charge in [0.05, 0.1) is 13.2 Å². The molecule has 1 unspecified atom stereocenters. The summed E-state index contributed by atoms with van der Waals surface area (Å²) in [6.45, 7) is 5.69. The third-order valence-electron chi connectivity index (χ3n) is 5.41. The lowest BCUT2D eigenvalue weighted by Crippen LogP contribution is -2.48. The maximum Gasteiger partial charge on any atom is 0.164 e. The molecule has 1 heterocycles. The lowest BCUT2D eigenvalue weighted by atomic mass is 10.1. The van der Waals surface area contributed by atoms with Gasteiger partial charge in [-0.3, -0.25) is 9.69 Å². The molecular weight excluding hydrogens is 423 g/mol. The summed E-state index contributed by atoms with van der Waals surface area (Å²) in [5, 5.41) is 0. The predicted octanol–water partition coefficient (Wildman–Crippen LogP) is 4.12. The largest absolute Gasteiger partial charge is 0.497 e. The predicted molar refractivity (Wildman–Crippen MR) is 126 cm³/mol. The Morgan fingerprint density at radius 1 is 0.900 bits per heavy atom. The summed E-state index contributed by atoms with van der Waals surface area (Å²) in [5.74, 6) is 0.964. The van der Waals surface area contributed by atoms with Gasteiger partial charge in [0, 0.05) is 58.4 Å². The van der Waals surface area contributed by atoms with Gasteiger partial charge in [0.1, 0.15) is 5.75 Å². The van der Waals surface area contributed by atoms with E-state index in [2.05, 4.69) is 34.1 Å². The van der Waals surface area contributed by atoms with Crippen molar-refractivity contribution in [2.75, 3.05) is 53.5 Å². The minimum Gasteiger partial charge on any atom is -0.497 e. The van der Waals surface area contributed by atoms with E-state index in [0.29, 0.717) is 6.42 Å². The number of halogens is 2. The topological polar surface area (TPSA) is 42.0 Å². The molecule has 0 radical (unpaired) electrons. The van der Waals surface area contributed by atoms with Crippen LogP contribution >= 0.6 is 24.8 Å². The summed E-state index contributed by atoms with van der Waals surface area (Å²) in [6.07, 6.45) is 0.654. The second kappa shape index (κ2) is 13.6. The van der Waals surface area contributed by atoms with Gasteiger partial charge in [-0.25, -0.2) is 0 Å². The van der Waals surface area contributed by atoms with Gasteiger partial charge < -0.3 is 14.4 Å². The molecule has 1 saturated heterocycles. The number of hydrogen-bond acceptors (Lipinski definition) is 5. The van der Waals surface area contributed by atoms with Crippen molar-refractivity contribution < 1.29 is 14.3 Å². The van der Waals surface area contributed by atoms with Gasteiger partial charge in [0.25, 0.3) is 0 Å². The third kappa shape index (κ3) is 7.56. The maximum atomic E-state index is 12.4. The molecule has 3 rings (SSSR count). The van der Waals surface area contributed by atoms with E-state index < -0.39 is 0 Å². The Labute approximate surface area is 192 Å². The minimum atomic E-state index is 0. The van der Waals surface area contributed by atoms with Gasteiger partial charge in [0.2, 0.25) is 0 Å². The highest BCUT2D eigenvalue weighted by Crippen LogP contribution is 2.19. The van der Waals surface area contributed by atoms with Crippen molar-refractivity contribution in [3.05, 3.63) is 65.7 Å². The van der Waals surface area contributed by atoms with Crippen molar-refractivity contribution in [2.45, 2.75) is 12.5 Å². The summed E-state index contributed by atoms with van der Waals surface area (Å²) in [7, 11) is 3.41. The number of benzene rings is 2. The van der Waals surface area contributed by atoms with Crippen LogP contribution < -0.4 is 4.74 Å². The van der Waals surface area contributed by atoms with Crippen LogP contribution in [0, 0.1) is 0 Å². The van der Waals surface area contributed by atoms with Crippen LogP contribution in [0.2, 0.25) is 0 Å². The van der Waals surface area contributed by atoms with Crippen LogP contribution in [0.5, 0.6) is 5.75 Å². The van der Waals surface area contributed by atoms with Crippen LogP contribution in [0.4, 0.5) is 0 Å². The molecule has 1 aliphatic heterocycles. The molecule has 5 nitrogen and oxygen atoms in total. The van der Waals surface area contributed by atoms with Gasteiger partial charge in [-0.1, -0.05) is 30.3 Å². The van der Waals surface area contributed by atoms with E-state index in [1.165, 1.54) is 5.56 Å². The average molecular weight is 455 g/mol. The summed E-state index contributed by atoms with van der Waals surface area (Å²) in [5.41, 5.74) is 1.97. The molecule has 1 fully saturated rings. The average Bonchev–Trinajstić information content (AvgIpc) is 2.77. The van der Waals surface area contributed by atoms with Crippen LogP contribution in [0.25, 0.3) is 0 Å². The van der Waals surface area contributed by atoms with Crippen molar-refractivity contribution in [1.82, 2.24) is 9.80 Å². The van der Waals surface area contributed by atoms with E-state index in [4.69, 9.17) is 9.47 Å². The van der Waals surface area contributed by atoms with Crippen molar-refractivity contribution >= 4 is 30.6 Å². The van der Waals surface area contributed by atoms with Crippen molar-refractivity contribution in [3.63, 3.8) is 0 Å². The minimum absolute atomic E-state index is 0. The van der Waals surface area contributed by atoms with Crippen LogP contribution in [0.3, 0.4) is 0 Å². The summed E-state index contributed by atoms with van der Waals surface area (Å²) in [4.78, 5) is 17.2. The number of ketones is 1. The zero-order valence-corrected chi connectivity index (χ0v) is 19.3. The molecule has 2 aromatic carbocycles. The molecule has 0 aliphatic carbocycles. The van der Waals surface area contributed by atoms with Crippen LogP contribution in [0.1, 0.15) is 28.4 Å². The maximum absolute atomic E-state index is 12.4. The first kappa shape index (κ1) is 26.4. The molecule has 1 atom stereocenters. The molecule has 30 heavy (non-hydrogen) atoms. The number of Topliss-reactive ketones (excluding diaryl/α,β-unsaturated/α-hetero) is 1. The quantitative estimate of drug-likeness (QED) is 0.533. The number of carbonyl (C=O) groups is 1. The van der Waals surface area contributed by atoms with Gasteiger partial charge in [-0.15, -0.1) is 24.8 Å². The molecule has 0 N–H and O–H groups in total. The van der Waals surface area contributed by atoms with Crippen molar-refractivity contribution in [2.24, 2.45) is 0 Å². The van der Waals surface area contributed by atoms with E-state index in [9.17, 15) is 4.79 Å². The molecule has 0 amide bonds. The van der Waals surface area contributed by atoms with Gasteiger partial charge in [-0.05, 0) is 29.8 Å². The van der Waals surface area contributed by atoms with E-state index >= 15 is 0 Å². The lowest BCUT2D eigenvalue weighted by Gasteiger charge is -2.36. The number of nitrogens with zero attached hydrogens (tertiary/aromatic N) is 2. The molecule has 2 aromatic rings. The van der Waals surface area contributed by atoms with E-state index in [1.807, 2.05) is 30.3 Å². The fraction of sp³-hybridized carbons (Fsp3) is 0.435. The fourth-order valence-corrected chi connectivity index (χ4v) is 3.59. The second-order valence-corrected chi connectivity index (χ2v) is 7.18. The molecule has 0 spiro atoms. The molecule has 0 bridgehead atoms. The Morgan fingerprint density at radius 2 is 1.50 bits per heavy atom. The Kier molecular flexibility index (Phi) is 12.0. The van der Waals surface area contributed by atoms with Crippen molar-refractivity contribution in [1.29, 1.82) is 0 Å². The Bertz CT molecular complexity index is 736. The smallest absolute Gasteiger partial charge is 0.164 e. The zero-order valence-electron chi connectivity index (χ0n) is 17.7. The zero-order chi connectivity index (χ0) is 19.8. The Hall–Kier alpha value is -1.63. The van der Waals surface area contributed by atoms with Gasteiger partial charge in [-0.2, -0.15) is 0 Å². The number of piperazine rings is 1. The highest BCUT2D eigenvalue weighted by molar-refractivity contribution is 5.96. The first-order valence-electron chi connectivity index (χ1n) is 9.89. The van der Waals surface area contributed by atoms with Crippen LogP contribution in [-0.4, -0.2) is 69.1 Å². The van der Waals surface area contributed by atoms with Crippen LogP contribution in [-0.2, 0) is 4.74 Å². The molecular formula is C23H32Cl2N2O3. The lowest BCUT2D eigenvalue weighted by molar-refractivity contribution is 0.0416. The molecule has 0 saturated carbocycles. The fourth-order valence-electron chi connectivity index (χ4n) is 3.59. The standard InChI is InChI=1S/C23H30N2O3.2ClH/c1-27-21-10-8-19(9-11-21)22(26)12-13-24-14-16-25(17-15-24)18-23(28-2)20-6-4-3-5-7-20;;/h3-11,23H,12-18H2,1-2H3;2*1H.